The second kappa shape index (κ2) is 16.4. The first-order chi connectivity index (χ1) is 15.0. The molecule has 1 aliphatic heterocycles. The van der Waals surface area contributed by atoms with Crippen LogP contribution in [0.1, 0.15) is 32.8 Å². The molecule has 0 aliphatic carbocycles. The Morgan fingerprint density at radius 1 is 1.12 bits per heavy atom. The first-order valence-electron chi connectivity index (χ1n) is 11.8. The molecule has 0 aromatic heterocycles. The van der Waals surface area contributed by atoms with Crippen LogP contribution in [0.25, 0.3) is 0 Å². The van der Waals surface area contributed by atoms with Gasteiger partial charge in [-0.3, -0.25) is 4.99 Å². The number of piperazine rings is 1. The lowest BCUT2D eigenvalue weighted by Gasteiger charge is -2.33. The van der Waals surface area contributed by atoms with Crippen molar-refractivity contribution in [1.29, 1.82) is 0 Å². The van der Waals surface area contributed by atoms with Crippen LogP contribution in [0.2, 0.25) is 0 Å². The lowest BCUT2D eigenvalue weighted by atomic mass is 10.1. The lowest BCUT2D eigenvalue weighted by molar-refractivity contribution is 0.140. The maximum Gasteiger partial charge on any atom is 0.191 e. The second-order valence-electron chi connectivity index (χ2n) is 8.38. The van der Waals surface area contributed by atoms with E-state index in [0.29, 0.717) is 12.5 Å². The van der Waals surface area contributed by atoms with Crippen molar-refractivity contribution in [3.05, 3.63) is 23.8 Å². The summed E-state index contributed by atoms with van der Waals surface area (Å²) in [5.41, 5.74) is 1.26. The van der Waals surface area contributed by atoms with Gasteiger partial charge in [0.25, 0.3) is 0 Å². The predicted octanol–water partition coefficient (Wildman–Crippen LogP) is 3.08. The number of halogens is 1. The van der Waals surface area contributed by atoms with Gasteiger partial charge >= 0.3 is 0 Å². The van der Waals surface area contributed by atoms with Crippen molar-refractivity contribution in [3.63, 3.8) is 0 Å². The van der Waals surface area contributed by atoms with Crippen molar-refractivity contribution >= 4 is 29.9 Å². The number of hydrogen-bond donors (Lipinski definition) is 2. The number of ether oxygens (including phenoxy) is 2. The molecule has 0 spiro atoms. The number of aliphatic imine (C=N–C) groups is 1. The molecule has 1 atom stereocenters. The van der Waals surface area contributed by atoms with Gasteiger partial charge in [0.2, 0.25) is 0 Å². The van der Waals surface area contributed by atoms with Gasteiger partial charge in [-0.15, -0.1) is 24.0 Å². The summed E-state index contributed by atoms with van der Waals surface area (Å²) in [4.78, 5) is 9.78. The molecule has 0 bridgehead atoms. The van der Waals surface area contributed by atoms with E-state index in [1.165, 1.54) is 31.7 Å². The van der Waals surface area contributed by atoms with Gasteiger partial charge in [-0.1, -0.05) is 13.0 Å². The van der Waals surface area contributed by atoms with Gasteiger partial charge in [0.15, 0.2) is 17.5 Å². The summed E-state index contributed by atoms with van der Waals surface area (Å²) in [7, 11) is 3.88. The van der Waals surface area contributed by atoms with Crippen LogP contribution in [0.4, 0.5) is 0 Å². The smallest absolute Gasteiger partial charge is 0.191 e. The quantitative estimate of drug-likeness (QED) is 0.177. The Morgan fingerprint density at radius 3 is 2.53 bits per heavy atom. The van der Waals surface area contributed by atoms with Gasteiger partial charge in [-0.2, -0.15) is 0 Å². The summed E-state index contributed by atoms with van der Waals surface area (Å²) in [6.45, 7) is 15.4. The summed E-state index contributed by atoms with van der Waals surface area (Å²) in [6.07, 6.45) is 2.01. The zero-order chi connectivity index (χ0) is 22.5. The van der Waals surface area contributed by atoms with Gasteiger partial charge < -0.3 is 29.9 Å². The number of hydrogen-bond acceptors (Lipinski definition) is 5. The minimum absolute atomic E-state index is 0. The summed E-state index contributed by atoms with van der Waals surface area (Å²) >= 11 is 0. The van der Waals surface area contributed by atoms with E-state index < -0.39 is 0 Å². The van der Waals surface area contributed by atoms with E-state index in [2.05, 4.69) is 53.5 Å². The third-order valence-electron chi connectivity index (χ3n) is 5.53. The molecule has 0 saturated carbocycles. The molecule has 1 heterocycles. The number of methoxy groups -OCH3 is 1. The van der Waals surface area contributed by atoms with Crippen molar-refractivity contribution < 1.29 is 9.47 Å². The van der Waals surface area contributed by atoms with Gasteiger partial charge in [-0.25, -0.2) is 0 Å². The fourth-order valence-electron chi connectivity index (χ4n) is 3.76. The normalized spacial score (nSPS) is 16.2. The Bertz CT molecular complexity index is 666. The fraction of sp³-hybridized carbons (Fsp3) is 0.708. The third kappa shape index (κ3) is 10.6. The van der Waals surface area contributed by atoms with E-state index in [0.717, 1.165) is 56.5 Å². The zero-order valence-electron chi connectivity index (χ0n) is 20.7. The van der Waals surface area contributed by atoms with E-state index in [1.54, 1.807) is 7.11 Å². The maximum atomic E-state index is 5.68. The van der Waals surface area contributed by atoms with Gasteiger partial charge in [0.05, 0.1) is 13.7 Å². The summed E-state index contributed by atoms with van der Waals surface area (Å²) in [5.74, 6) is 3.07. The van der Waals surface area contributed by atoms with Gasteiger partial charge in [-0.05, 0) is 57.4 Å². The van der Waals surface area contributed by atoms with E-state index in [9.17, 15) is 0 Å². The maximum absolute atomic E-state index is 5.68. The van der Waals surface area contributed by atoms with Crippen molar-refractivity contribution in [2.24, 2.45) is 10.9 Å². The highest BCUT2D eigenvalue weighted by Crippen LogP contribution is 2.28. The second-order valence-corrected chi connectivity index (χ2v) is 8.38. The number of benzene rings is 1. The Labute approximate surface area is 212 Å². The third-order valence-corrected chi connectivity index (χ3v) is 5.53. The fourth-order valence-corrected chi connectivity index (χ4v) is 3.76. The van der Waals surface area contributed by atoms with Crippen molar-refractivity contribution in [1.82, 2.24) is 20.4 Å². The minimum Gasteiger partial charge on any atom is -0.493 e. The molecule has 8 heteroatoms. The minimum atomic E-state index is 0. The molecule has 1 saturated heterocycles. The molecule has 1 unspecified atom stereocenters. The monoisotopic (exact) mass is 561 g/mol. The van der Waals surface area contributed by atoms with Crippen LogP contribution < -0.4 is 20.1 Å². The van der Waals surface area contributed by atoms with E-state index in [4.69, 9.17) is 14.5 Å². The molecular formula is C24H44IN5O2. The molecule has 32 heavy (non-hydrogen) atoms. The number of rotatable bonds is 12. The first kappa shape index (κ1) is 28.8. The van der Waals surface area contributed by atoms with E-state index >= 15 is 0 Å². The van der Waals surface area contributed by atoms with Crippen LogP contribution in [-0.2, 0) is 6.42 Å². The highest BCUT2D eigenvalue weighted by atomic mass is 127. The topological polar surface area (TPSA) is 61.4 Å². The zero-order valence-corrected chi connectivity index (χ0v) is 23.0. The Kier molecular flexibility index (Phi) is 14.7. The Balaban J connectivity index is 0.00000512. The van der Waals surface area contributed by atoms with Crippen LogP contribution in [0, 0.1) is 5.92 Å². The molecule has 7 nitrogen and oxygen atoms in total. The first-order valence-corrected chi connectivity index (χ1v) is 11.8. The molecule has 1 aromatic carbocycles. The van der Waals surface area contributed by atoms with Crippen LogP contribution >= 0.6 is 24.0 Å². The molecule has 1 aliphatic rings. The van der Waals surface area contributed by atoms with Gasteiger partial charge in [0.1, 0.15) is 0 Å². The van der Waals surface area contributed by atoms with Crippen LogP contribution in [0.15, 0.2) is 23.2 Å². The van der Waals surface area contributed by atoms with E-state index in [-0.39, 0.29) is 24.0 Å². The molecule has 1 aromatic rings. The highest BCUT2D eigenvalue weighted by molar-refractivity contribution is 14.0. The highest BCUT2D eigenvalue weighted by Gasteiger charge is 2.16. The van der Waals surface area contributed by atoms with Crippen LogP contribution in [0.3, 0.4) is 0 Å². The van der Waals surface area contributed by atoms with Crippen LogP contribution in [-0.4, -0.2) is 88.9 Å². The molecule has 0 amide bonds. The van der Waals surface area contributed by atoms with E-state index in [1.807, 2.05) is 13.0 Å². The SMILES string of the molecule is CCNC(=NCC(C)CN1CCN(C)CC1)NCCCc1ccc(OC)c(OCC)c1.I. The molecular weight excluding hydrogens is 517 g/mol. The van der Waals surface area contributed by atoms with Crippen molar-refractivity contribution in [2.45, 2.75) is 33.6 Å². The molecule has 0 radical (unpaired) electrons. The summed E-state index contributed by atoms with van der Waals surface area (Å²) in [5, 5.41) is 6.85. The Hall–Kier alpha value is -1.26. The number of aryl methyl sites for hydroxylation is 1. The average molecular weight is 562 g/mol. The largest absolute Gasteiger partial charge is 0.493 e. The molecule has 184 valence electrons. The van der Waals surface area contributed by atoms with Gasteiger partial charge in [0, 0.05) is 52.4 Å². The standard InChI is InChI=1S/C24H43N5O2.HI/c1-6-25-24(27-18-20(3)19-29-15-13-28(4)14-16-29)26-12-8-9-21-10-11-22(30-5)23(17-21)31-7-2;/h10-11,17,20H,6-9,12-16,18-19H2,1-5H3,(H2,25,26,27);1H. The average Bonchev–Trinajstić information content (AvgIpc) is 2.77. The van der Waals surface area contributed by atoms with Crippen molar-refractivity contribution in [2.75, 3.05) is 73.1 Å². The summed E-state index contributed by atoms with van der Waals surface area (Å²) < 4.78 is 11.1. The van der Waals surface area contributed by atoms with Crippen LogP contribution in [0.5, 0.6) is 11.5 Å². The molecule has 2 N–H and O–H groups in total. The lowest BCUT2D eigenvalue weighted by Crippen LogP contribution is -2.46. The number of nitrogens with one attached hydrogen (secondary N) is 2. The summed E-state index contributed by atoms with van der Waals surface area (Å²) in [6, 6.07) is 6.18. The number of likely N-dealkylation sites (N-methyl/N-ethyl adjacent to an activating group) is 1. The number of guanidine groups is 1. The Morgan fingerprint density at radius 2 is 1.88 bits per heavy atom. The molecule has 1 fully saturated rings. The number of nitrogens with zero attached hydrogens (tertiary/aromatic N) is 3. The molecule has 2 rings (SSSR count). The predicted molar refractivity (Wildman–Crippen MR) is 145 cm³/mol. The van der Waals surface area contributed by atoms with Crippen molar-refractivity contribution in [3.8, 4) is 11.5 Å².